The Bertz CT molecular complexity index is 437. The van der Waals surface area contributed by atoms with Crippen molar-refractivity contribution in [2.75, 3.05) is 40.3 Å². The molecule has 0 spiro atoms. The Morgan fingerprint density at radius 1 is 1.50 bits per heavy atom. The van der Waals surface area contributed by atoms with E-state index in [-0.39, 0.29) is 0 Å². The molecule has 0 aromatic carbocycles. The Balaban J connectivity index is 1.75. The maximum atomic E-state index is 4.50. The summed E-state index contributed by atoms with van der Waals surface area (Å²) in [5.41, 5.74) is 1.11. The molecule has 0 saturated carbocycles. The van der Waals surface area contributed by atoms with Gasteiger partial charge >= 0.3 is 0 Å². The second kappa shape index (κ2) is 7.59. The van der Waals surface area contributed by atoms with Gasteiger partial charge in [-0.05, 0) is 32.9 Å². The van der Waals surface area contributed by atoms with Crippen molar-refractivity contribution in [2.24, 2.45) is 4.99 Å². The SMILES string of the molecule is CN=C(NCCN1CCCC1)N(C)Cc1csc(C)n1. The van der Waals surface area contributed by atoms with Gasteiger partial charge in [0.1, 0.15) is 0 Å². The number of likely N-dealkylation sites (tertiary alicyclic amines) is 1. The van der Waals surface area contributed by atoms with Gasteiger partial charge in [-0.25, -0.2) is 4.98 Å². The number of guanidine groups is 1. The van der Waals surface area contributed by atoms with Crippen LogP contribution in [0.3, 0.4) is 0 Å². The quantitative estimate of drug-likeness (QED) is 0.661. The van der Waals surface area contributed by atoms with E-state index in [0.29, 0.717) is 0 Å². The van der Waals surface area contributed by atoms with E-state index in [1.807, 2.05) is 14.0 Å². The van der Waals surface area contributed by atoms with Crippen LogP contribution >= 0.6 is 11.3 Å². The van der Waals surface area contributed by atoms with Gasteiger partial charge in [-0.3, -0.25) is 4.99 Å². The van der Waals surface area contributed by atoms with E-state index in [0.717, 1.165) is 36.3 Å². The number of nitrogens with zero attached hydrogens (tertiary/aromatic N) is 4. The van der Waals surface area contributed by atoms with Gasteiger partial charge < -0.3 is 15.1 Å². The van der Waals surface area contributed by atoms with Crippen molar-refractivity contribution in [1.29, 1.82) is 0 Å². The molecule has 2 heterocycles. The summed E-state index contributed by atoms with van der Waals surface area (Å²) >= 11 is 1.70. The molecule has 2 rings (SSSR count). The molecule has 6 heteroatoms. The Morgan fingerprint density at radius 3 is 2.85 bits per heavy atom. The van der Waals surface area contributed by atoms with Crippen molar-refractivity contribution in [2.45, 2.75) is 26.3 Å². The van der Waals surface area contributed by atoms with Gasteiger partial charge in [-0.15, -0.1) is 11.3 Å². The third kappa shape index (κ3) is 4.45. The Kier molecular flexibility index (Phi) is 5.79. The van der Waals surface area contributed by atoms with Gasteiger partial charge in [0, 0.05) is 32.6 Å². The summed E-state index contributed by atoms with van der Waals surface area (Å²) in [6, 6.07) is 0. The molecule has 0 aliphatic carbocycles. The summed E-state index contributed by atoms with van der Waals surface area (Å²) in [6.07, 6.45) is 2.69. The highest BCUT2D eigenvalue weighted by Gasteiger charge is 2.12. The van der Waals surface area contributed by atoms with E-state index in [2.05, 4.69) is 37.5 Å². The van der Waals surface area contributed by atoms with Crippen LogP contribution < -0.4 is 5.32 Å². The number of aliphatic imine (C=N–C) groups is 1. The number of aryl methyl sites for hydroxylation is 1. The summed E-state index contributed by atoms with van der Waals surface area (Å²) < 4.78 is 0. The lowest BCUT2D eigenvalue weighted by molar-refractivity contribution is 0.340. The first-order valence-corrected chi connectivity index (χ1v) is 8.12. The zero-order chi connectivity index (χ0) is 14.4. The first kappa shape index (κ1) is 15.3. The number of aromatic nitrogens is 1. The van der Waals surface area contributed by atoms with E-state index < -0.39 is 0 Å². The largest absolute Gasteiger partial charge is 0.355 e. The van der Waals surface area contributed by atoms with Gasteiger partial charge in [0.25, 0.3) is 0 Å². The number of hydrogen-bond donors (Lipinski definition) is 1. The lowest BCUT2D eigenvalue weighted by Crippen LogP contribution is -2.41. The van der Waals surface area contributed by atoms with Crippen LogP contribution in [0.1, 0.15) is 23.5 Å². The van der Waals surface area contributed by atoms with Crippen LogP contribution in [-0.4, -0.2) is 61.0 Å². The normalized spacial score (nSPS) is 16.6. The fraction of sp³-hybridized carbons (Fsp3) is 0.714. The third-order valence-corrected chi connectivity index (χ3v) is 4.37. The van der Waals surface area contributed by atoms with Gasteiger partial charge in [-0.2, -0.15) is 0 Å². The molecule has 20 heavy (non-hydrogen) atoms. The minimum atomic E-state index is 0.799. The average Bonchev–Trinajstić information content (AvgIpc) is 3.06. The lowest BCUT2D eigenvalue weighted by atomic mass is 10.4. The van der Waals surface area contributed by atoms with E-state index in [1.54, 1.807) is 11.3 Å². The first-order chi connectivity index (χ1) is 9.69. The summed E-state index contributed by atoms with van der Waals surface area (Å²) in [4.78, 5) is 13.5. The predicted octanol–water partition coefficient (Wildman–Crippen LogP) is 1.55. The zero-order valence-corrected chi connectivity index (χ0v) is 13.5. The highest BCUT2D eigenvalue weighted by molar-refractivity contribution is 7.09. The van der Waals surface area contributed by atoms with E-state index in [9.17, 15) is 0 Å². The Labute approximate surface area is 125 Å². The summed E-state index contributed by atoms with van der Waals surface area (Å²) in [5, 5.41) is 6.66. The molecule has 0 unspecified atom stereocenters. The molecule has 1 aliphatic heterocycles. The maximum absolute atomic E-state index is 4.50. The van der Waals surface area contributed by atoms with Gasteiger partial charge in [0.2, 0.25) is 0 Å². The topological polar surface area (TPSA) is 43.8 Å². The second-order valence-electron chi connectivity index (χ2n) is 5.24. The fourth-order valence-electron chi connectivity index (χ4n) is 2.52. The molecule has 1 aromatic rings. The first-order valence-electron chi connectivity index (χ1n) is 7.24. The van der Waals surface area contributed by atoms with Crippen molar-refractivity contribution < 1.29 is 0 Å². The molecule has 0 atom stereocenters. The molecule has 1 fully saturated rings. The van der Waals surface area contributed by atoms with E-state index >= 15 is 0 Å². The Hall–Kier alpha value is -1.14. The second-order valence-corrected chi connectivity index (χ2v) is 6.30. The predicted molar refractivity (Wildman–Crippen MR) is 85.4 cm³/mol. The molecule has 1 N–H and O–H groups in total. The van der Waals surface area contributed by atoms with Crippen LogP contribution in [-0.2, 0) is 6.54 Å². The Morgan fingerprint density at radius 2 is 2.25 bits per heavy atom. The minimum absolute atomic E-state index is 0.799. The van der Waals surface area contributed by atoms with Gasteiger partial charge in [0.05, 0.1) is 17.2 Å². The molecule has 1 aliphatic rings. The van der Waals surface area contributed by atoms with Crippen molar-refractivity contribution in [3.05, 3.63) is 16.1 Å². The highest BCUT2D eigenvalue weighted by Crippen LogP contribution is 2.10. The standard InChI is InChI=1S/C14H25N5S/c1-12-17-13(11-20-12)10-18(3)14(15-2)16-6-9-19-7-4-5-8-19/h11H,4-10H2,1-3H3,(H,15,16). The van der Waals surface area contributed by atoms with Crippen molar-refractivity contribution in [1.82, 2.24) is 20.1 Å². The van der Waals surface area contributed by atoms with Gasteiger partial charge in [-0.1, -0.05) is 0 Å². The fourth-order valence-corrected chi connectivity index (χ4v) is 3.12. The molecule has 5 nitrogen and oxygen atoms in total. The number of hydrogen-bond acceptors (Lipinski definition) is 4. The van der Waals surface area contributed by atoms with Crippen LogP contribution in [0.4, 0.5) is 0 Å². The van der Waals surface area contributed by atoms with Crippen LogP contribution in [0.25, 0.3) is 0 Å². The number of nitrogens with one attached hydrogen (secondary N) is 1. The molecule has 1 aromatic heterocycles. The van der Waals surface area contributed by atoms with Crippen LogP contribution in [0.5, 0.6) is 0 Å². The summed E-state index contributed by atoms with van der Waals surface area (Å²) in [6.45, 7) is 7.38. The van der Waals surface area contributed by atoms with Crippen LogP contribution in [0.2, 0.25) is 0 Å². The molecule has 0 amide bonds. The highest BCUT2D eigenvalue weighted by atomic mass is 32.1. The molecular weight excluding hydrogens is 270 g/mol. The average molecular weight is 295 g/mol. The third-order valence-electron chi connectivity index (χ3n) is 3.55. The number of thiazole rings is 1. The monoisotopic (exact) mass is 295 g/mol. The molecule has 0 bridgehead atoms. The molecule has 112 valence electrons. The maximum Gasteiger partial charge on any atom is 0.193 e. The summed E-state index contributed by atoms with van der Waals surface area (Å²) in [5.74, 6) is 0.940. The molecule has 0 radical (unpaired) electrons. The van der Waals surface area contributed by atoms with Crippen LogP contribution in [0, 0.1) is 6.92 Å². The molecule has 1 saturated heterocycles. The molecular formula is C14H25N5S. The van der Waals surface area contributed by atoms with E-state index in [4.69, 9.17) is 0 Å². The number of rotatable bonds is 5. The minimum Gasteiger partial charge on any atom is -0.355 e. The van der Waals surface area contributed by atoms with E-state index in [1.165, 1.54) is 25.9 Å². The zero-order valence-electron chi connectivity index (χ0n) is 12.7. The van der Waals surface area contributed by atoms with Gasteiger partial charge in [0.15, 0.2) is 5.96 Å². The summed E-state index contributed by atoms with van der Waals surface area (Å²) in [7, 11) is 3.89. The van der Waals surface area contributed by atoms with Crippen molar-refractivity contribution >= 4 is 17.3 Å². The smallest absolute Gasteiger partial charge is 0.193 e. The lowest BCUT2D eigenvalue weighted by Gasteiger charge is -2.22. The van der Waals surface area contributed by atoms with Crippen LogP contribution in [0.15, 0.2) is 10.4 Å². The van der Waals surface area contributed by atoms with Crippen molar-refractivity contribution in [3.63, 3.8) is 0 Å². The van der Waals surface area contributed by atoms with Crippen molar-refractivity contribution in [3.8, 4) is 0 Å².